The van der Waals surface area contributed by atoms with Gasteiger partial charge in [-0.25, -0.2) is 0 Å². The van der Waals surface area contributed by atoms with Gasteiger partial charge in [0.05, 0.1) is 12.6 Å². The molecular formula is C11H22N2O3. The molecule has 2 amide bonds. The van der Waals surface area contributed by atoms with Crippen molar-refractivity contribution in [2.45, 2.75) is 40.2 Å². The Morgan fingerprint density at radius 2 is 1.81 bits per heavy atom. The Kier molecular flexibility index (Phi) is 6.03. The van der Waals surface area contributed by atoms with Crippen molar-refractivity contribution in [2.24, 2.45) is 5.41 Å². The van der Waals surface area contributed by atoms with Gasteiger partial charge in [-0.1, -0.05) is 20.8 Å². The monoisotopic (exact) mass is 230 g/mol. The van der Waals surface area contributed by atoms with Crippen molar-refractivity contribution in [3.05, 3.63) is 0 Å². The molecule has 0 bridgehead atoms. The Morgan fingerprint density at radius 3 is 2.25 bits per heavy atom. The normalized spacial score (nSPS) is 13.1. The van der Waals surface area contributed by atoms with Gasteiger partial charge in [0.2, 0.25) is 11.8 Å². The number of amides is 2. The lowest BCUT2D eigenvalue weighted by Crippen LogP contribution is -2.42. The summed E-state index contributed by atoms with van der Waals surface area (Å²) in [6, 6.07) is 0. The summed E-state index contributed by atoms with van der Waals surface area (Å²) in [4.78, 5) is 22.7. The number of hydrogen-bond donors (Lipinski definition) is 3. The van der Waals surface area contributed by atoms with Gasteiger partial charge in [-0.15, -0.1) is 0 Å². The minimum atomic E-state index is -0.486. The van der Waals surface area contributed by atoms with Gasteiger partial charge in [-0.05, 0) is 13.3 Å². The van der Waals surface area contributed by atoms with Crippen LogP contribution in [0.2, 0.25) is 0 Å². The molecule has 5 heteroatoms. The lowest BCUT2D eigenvalue weighted by atomic mass is 9.96. The molecule has 16 heavy (non-hydrogen) atoms. The van der Waals surface area contributed by atoms with Crippen LogP contribution in [0.3, 0.4) is 0 Å². The third kappa shape index (κ3) is 7.23. The van der Waals surface area contributed by atoms with Gasteiger partial charge in [-0.2, -0.15) is 0 Å². The zero-order chi connectivity index (χ0) is 12.8. The number of nitrogens with one attached hydrogen (secondary N) is 2. The molecule has 0 spiro atoms. The first-order valence-electron chi connectivity index (χ1n) is 5.46. The topological polar surface area (TPSA) is 78.4 Å². The van der Waals surface area contributed by atoms with Crippen molar-refractivity contribution in [2.75, 3.05) is 13.1 Å². The molecule has 0 aliphatic rings. The zero-order valence-electron chi connectivity index (χ0n) is 10.5. The summed E-state index contributed by atoms with van der Waals surface area (Å²) in [6.45, 7) is 7.42. The summed E-state index contributed by atoms with van der Waals surface area (Å²) in [5.41, 5.74) is -0.486. The van der Waals surface area contributed by atoms with Gasteiger partial charge in [0.1, 0.15) is 0 Å². The van der Waals surface area contributed by atoms with E-state index in [4.69, 9.17) is 5.11 Å². The second-order valence-electron chi connectivity index (χ2n) is 4.92. The molecule has 0 fully saturated rings. The maximum Gasteiger partial charge on any atom is 0.239 e. The largest absolute Gasteiger partial charge is 0.393 e. The Labute approximate surface area is 96.6 Å². The fourth-order valence-electron chi connectivity index (χ4n) is 0.909. The number of carbonyl (C=O) groups excluding carboxylic acids is 2. The van der Waals surface area contributed by atoms with Crippen LogP contribution < -0.4 is 10.6 Å². The van der Waals surface area contributed by atoms with Gasteiger partial charge >= 0.3 is 0 Å². The average molecular weight is 230 g/mol. The highest BCUT2D eigenvalue weighted by Crippen LogP contribution is 2.11. The summed E-state index contributed by atoms with van der Waals surface area (Å²) in [7, 11) is 0. The van der Waals surface area contributed by atoms with Gasteiger partial charge in [0, 0.05) is 12.0 Å². The van der Waals surface area contributed by atoms with Crippen LogP contribution >= 0.6 is 0 Å². The molecule has 0 aromatic carbocycles. The van der Waals surface area contributed by atoms with E-state index in [9.17, 15) is 9.59 Å². The summed E-state index contributed by atoms with van der Waals surface area (Å²) < 4.78 is 0. The van der Waals surface area contributed by atoms with Crippen LogP contribution in [0.5, 0.6) is 0 Å². The molecule has 0 saturated carbocycles. The summed E-state index contributed by atoms with van der Waals surface area (Å²) in [5.74, 6) is -0.392. The summed E-state index contributed by atoms with van der Waals surface area (Å²) >= 11 is 0. The predicted octanol–water partition coefficient (Wildman–Crippen LogP) is 0.0358. The highest BCUT2D eigenvalue weighted by molar-refractivity contribution is 5.87. The second-order valence-corrected chi connectivity index (χ2v) is 4.92. The van der Waals surface area contributed by atoms with Crippen molar-refractivity contribution in [3.8, 4) is 0 Å². The van der Waals surface area contributed by atoms with Gasteiger partial charge in [0.15, 0.2) is 0 Å². The average Bonchev–Trinajstić information content (AvgIpc) is 2.11. The molecule has 0 aliphatic carbocycles. The summed E-state index contributed by atoms with van der Waals surface area (Å²) in [6.07, 6.45) is 0.0864. The Balaban J connectivity index is 3.70. The van der Waals surface area contributed by atoms with E-state index in [2.05, 4.69) is 10.6 Å². The first-order chi connectivity index (χ1) is 7.23. The van der Waals surface area contributed by atoms with Crippen molar-refractivity contribution in [1.82, 2.24) is 10.6 Å². The van der Waals surface area contributed by atoms with Gasteiger partial charge in [-0.3, -0.25) is 9.59 Å². The molecule has 0 aromatic heterocycles. The molecule has 0 saturated heterocycles. The minimum Gasteiger partial charge on any atom is -0.393 e. The van der Waals surface area contributed by atoms with Crippen LogP contribution in [0.1, 0.15) is 34.1 Å². The first-order valence-corrected chi connectivity index (χ1v) is 5.46. The molecule has 1 unspecified atom stereocenters. The molecule has 1 atom stereocenters. The van der Waals surface area contributed by atoms with Crippen LogP contribution in [0.25, 0.3) is 0 Å². The third-order valence-electron chi connectivity index (χ3n) is 1.97. The van der Waals surface area contributed by atoms with E-state index >= 15 is 0 Å². The van der Waals surface area contributed by atoms with Crippen LogP contribution in [0.15, 0.2) is 0 Å². The van der Waals surface area contributed by atoms with E-state index in [1.54, 1.807) is 27.7 Å². The quantitative estimate of drug-likeness (QED) is 0.624. The molecular weight excluding hydrogens is 208 g/mol. The smallest absolute Gasteiger partial charge is 0.239 e. The fraction of sp³-hybridized carbons (Fsp3) is 0.818. The number of hydrogen-bond acceptors (Lipinski definition) is 3. The van der Waals surface area contributed by atoms with Crippen molar-refractivity contribution >= 4 is 11.8 Å². The predicted molar refractivity (Wildman–Crippen MR) is 61.8 cm³/mol. The molecule has 0 aliphatic heterocycles. The van der Waals surface area contributed by atoms with E-state index in [0.29, 0.717) is 13.0 Å². The van der Waals surface area contributed by atoms with Crippen LogP contribution in [-0.2, 0) is 9.59 Å². The SMILES string of the molecule is CC(O)CCNC(=O)CNC(=O)C(C)(C)C. The maximum atomic E-state index is 11.4. The zero-order valence-corrected chi connectivity index (χ0v) is 10.5. The van der Waals surface area contributed by atoms with E-state index in [1.165, 1.54) is 0 Å². The minimum absolute atomic E-state index is 0.0179. The van der Waals surface area contributed by atoms with Crippen LogP contribution in [-0.4, -0.2) is 36.1 Å². The number of carbonyl (C=O) groups is 2. The van der Waals surface area contributed by atoms with Crippen LogP contribution in [0, 0.1) is 5.41 Å². The molecule has 3 N–H and O–H groups in total. The molecule has 0 rings (SSSR count). The van der Waals surface area contributed by atoms with E-state index in [1.807, 2.05) is 0 Å². The first kappa shape index (κ1) is 14.9. The van der Waals surface area contributed by atoms with Crippen LogP contribution in [0.4, 0.5) is 0 Å². The molecule has 0 heterocycles. The number of aliphatic hydroxyl groups excluding tert-OH is 1. The molecule has 5 nitrogen and oxygen atoms in total. The van der Waals surface area contributed by atoms with Gasteiger partial charge < -0.3 is 15.7 Å². The highest BCUT2D eigenvalue weighted by atomic mass is 16.3. The third-order valence-corrected chi connectivity index (χ3v) is 1.97. The molecule has 0 aromatic rings. The molecule has 0 radical (unpaired) electrons. The Morgan fingerprint density at radius 1 is 1.25 bits per heavy atom. The van der Waals surface area contributed by atoms with E-state index < -0.39 is 11.5 Å². The van der Waals surface area contributed by atoms with Crippen molar-refractivity contribution in [1.29, 1.82) is 0 Å². The Bertz CT molecular complexity index is 244. The van der Waals surface area contributed by atoms with Gasteiger partial charge in [0.25, 0.3) is 0 Å². The number of rotatable bonds is 5. The van der Waals surface area contributed by atoms with E-state index in [0.717, 1.165) is 0 Å². The lowest BCUT2D eigenvalue weighted by molar-refractivity contribution is -0.131. The molecule has 94 valence electrons. The second kappa shape index (κ2) is 6.48. The summed E-state index contributed by atoms with van der Waals surface area (Å²) in [5, 5.41) is 14.1. The number of aliphatic hydroxyl groups is 1. The standard InChI is InChI=1S/C11H22N2O3/c1-8(14)5-6-12-9(15)7-13-10(16)11(2,3)4/h8,14H,5-7H2,1-4H3,(H,12,15)(H,13,16). The Hall–Kier alpha value is -1.10. The maximum absolute atomic E-state index is 11.4. The van der Waals surface area contributed by atoms with Crippen molar-refractivity contribution < 1.29 is 14.7 Å². The fourth-order valence-corrected chi connectivity index (χ4v) is 0.909. The lowest BCUT2D eigenvalue weighted by Gasteiger charge is -2.17. The highest BCUT2D eigenvalue weighted by Gasteiger charge is 2.21. The van der Waals surface area contributed by atoms with E-state index in [-0.39, 0.29) is 18.4 Å². The van der Waals surface area contributed by atoms with Crippen molar-refractivity contribution in [3.63, 3.8) is 0 Å².